The van der Waals surface area contributed by atoms with E-state index in [4.69, 9.17) is 13.9 Å². The van der Waals surface area contributed by atoms with Gasteiger partial charge in [-0.2, -0.15) is 0 Å². The average molecular weight is 555 g/mol. The van der Waals surface area contributed by atoms with Crippen LogP contribution in [0.4, 0.5) is 4.79 Å². The van der Waals surface area contributed by atoms with Gasteiger partial charge in [-0.25, -0.2) is 9.78 Å². The van der Waals surface area contributed by atoms with Crippen molar-refractivity contribution < 1.29 is 28.6 Å². The summed E-state index contributed by atoms with van der Waals surface area (Å²) in [5.41, 5.74) is 3.18. The number of benzene rings is 3. The van der Waals surface area contributed by atoms with Crippen molar-refractivity contribution in [2.24, 2.45) is 11.3 Å². The molecule has 2 atom stereocenters. The van der Waals surface area contributed by atoms with Crippen LogP contribution in [0, 0.1) is 25.2 Å². The van der Waals surface area contributed by atoms with Crippen molar-refractivity contribution in [3.05, 3.63) is 101 Å². The van der Waals surface area contributed by atoms with E-state index in [-0.39, 0.29) is 13.1 Å². The number of aryl methyl sites for hydroxylation is 2. The Morgan fingerprint density at radius 1 is 1.00 bits per heavy atom. The normalized spacial score (nSPS) is 18.3. The molecule has 1 fully saturated rings. The number of carboxylic acids is 1. The lowest BCUT2D eigenvalue weighted by Crippen LogP contribution is -2.35. The maximum absolute atomic E-state index is 12.8. The Morgan fingerprint density at radius 2 is 1.68 bits per heavy atom. The number of hydrogen-bond acceptors (Lipinski definition) is 6. The minimum Gasteiger partial charge on any atom is -0.493 e. The van der Waals surface area contributed by atoms with E-state index >= 15 is 0 Å². The Kier molecular flexibility index (Phi) is 8.10. The number of ether oxygens (including phenoxy) is 2. The number of carboxylic acid groups (broad SMARTS) is 1. The van der Waals surface area contributed by atoms with E-state index in [2.05, 4.69) is 4.98 Å². The summed E-state index contributed by atoms with van der Waals surface area (Å²) in [6, 6.07) is 24.6. The molecular weight excluding hydrogens is 520 g/mol. The fourth-order valence-corrected chi connectivity index (χ4v) is 5.32. The number of carbonyl (C=O) groups excluding carboxylic acids is 1. The van der Waals surface area contributed by atoms with Crippen molar-refractivity contribution in [3.8, 4) is 23.0 Å². The first-order valence-electron chi connectivity index (χ1n) is 13.7. The first-order chi connectivity index (χ1) is 19.7. The van der Waals surface area contributed by atoms with Crippen LogP contribution in [0.3, 0.4) is 0 Å². The maximum Gasteiger partial charge on any atom is 0.415 e. The second-order valence-corrected chi connectivity index (χ2v) is 10.9. The second-order valence-electron chi connectivity index (χ2n) is 10.9. The third kappa shape index (κ3) is 6.60. The standard InChI is InChI=1S/C33H34N2O6/c1-22-9-13-27(14-10-22)41-32(38)35-20-28(31(36)37)33(3,21-35)19-24-11-15-26(16-12-24)39-18-17-29-23(2)40-30(34-29)25-7-5-4-6-8-25/h4-16,28H,17-21H2,1-3H3,(H,36,37). The molecule has 0 aliphatic carbocycles. The van der Waals surface area contributed by atoms with E-state index < -0.39 is 23.4 Å². The van der Waals surface area contributed by atoms with E-state index in [9.17, 15) is 14.7 Å². The van der Waals surface area contributed by atoms with Crippen LogP contribution in [0.25, 0.3) is 11.5 Å². The van der Waals surface area contributed by atoms with Crippen molar-refractivity contribution in [2.75, 3.05) is 19.7 Å². The Balaban J connectivity index is 1.17. The smallest absolute Gasteiger partial charge is 0.415 e. The van der Waals surface area contributed by atoms with E-state index in [1.54, 1.807) is 12.1 Å². The molecule has 41 heavy (non-hydrogen) atoms. The highest BCUT2D eigenvalue weighted by Gasteiger charge is 2.49. The molecule has 4 aromatic rings. The summed E-state index contributed by atoms with van der Waals surface area (Å²) in [4.78, 5) is 31.1. The summed E-state index contributed by atoms with van der Waals surface area (Å²) in [5.74, 6) is 0.897. The number of carbonyl (C=O) groups is 2. The molecule has 1 aliphatic heterocycles. The van der Waals surface area contributed by atoms with Gasteiger partial charge in [0, 0.05) is 30.5 Å². The minimum absolute atomic E-state index is 0.102. The topological polar surface area (TPSA) is 102 Å². The third-order valence-electron chi connectivity index (χ3n) is 7.63. The van der Waals surface area contributed by atoms with Crippen molar-refractivity contribution in [2.45, 2.75) is 33.6 Å². The molecule has 0 radical (unpaired) electrons. The molecule has 0 spiro atoms. The molecule has 1 saturated heterocycles. The maximum atomic E-state index is 12.8. The molecule has 212 valence electrons. The fraction of sp³-hybridized carbons (Fsp3) is 0.303. The molecule has 1 aliphatic rings. The Hall–Kier alpha value is -4.59. The number of aliphatic carboxylic acids is 1. The van der Waals surface area contributed by atoms with E-state index in [1.165, 1.54) is 4.90 Å². The minimum atomic E-state index is -0.920. The van der Waals surface area contributed by atoms with Crippen LogP contribution in [0.2, 0.25) is 0 Å². The van der Waals surface area contributed by atoms with E-state index in [0.29, 0.717) is 36.8 Å². The predicted octanol–water partition coefficient (Wildman–Crippen LogP) is 6.34. The van der Waals surface area contributed by atoms with Gasteiger partial charge in [-0.05, 0) is 62.2 Å². The van der Waals surface area contributed by atoms with Crippen molar-refractivity contribution in [3.63, 3.8) is 0 Å². The Bertz CT molecular complexity index is 1500. The van der Waals surface area contributed by atoms with Crippen LogP contribution >= 0.6 is 0 Å². The highest BCUT2D eigenvalue weighted by molar-refractivity contribution is 5.76. The van der Waals surface area contributed by atoms with Crippen LogP contribution in [0.1, 0.15) is 29.5 Å². The third-order valence-corrected chi connectivity index (χ3v) is 7.63. The van der Waals surface area contributed by atoms with Crippen LogP contribution in [-0.2, 0) is 17.6 Å². The molecule has 8 heteroatoms. The molecule has 0 bridgehead atoms. The summed E-state index contributed by atoms with van der Waals surface area (Å²) >= 11 is 0. The quantitative estimate of drug-likeness (QED) is 0.257. The van der Waals surface area contributed by atoms with Crippen molar-refractivity contribution >= 4 is 12.1 Å². The van der Waals surface area contributed by atoms with Gasteiger partial charge < -0.3 is 23.9 Å². The van der Waals surface area contributed by atoms with Crippen molar-refractivity contribution in [1.82, 2.24) is 9.88 Å². The molecule has 0 saturated carbocycles. The average Bonchev–Trinajstić information content (AvgIpc) is 3.51. The van der Waals surface area contributed by atoms with Crippen molar-refractivity contribution in [1.29, 1.82) is 0 Å². The molecular formula is C33H34N2O6. The number of amides is 1. The van der Waals surface area contributed by atoms with Gasteiger partial charge in [0.25, 0.3) is 0 Å². The second kappa shape index (κ2) is 11.9. The number of oxazole rings is 1. The molecule has 1 aromatic heterocycles. The van der Waals surface area contributed by atoms with E-state index in [1.807, 2.05) is 87.5 Å². The lowest BCUT2D eigenvalue weighted by atomic mass is 9.75. The first-order valence-corrected chi connectivity index (χ1v) is 13.7. The van der Waals surface area contributed by atoms with E-state index in [0.717, 1.165) is 28.1 Å². The molecule has 8 nitrogen and oxygen atoms in total. The van der Waals surface area contributed by atoms with Gasteiger partial charge in [0.2, 0.25) is 5.89 Å². The highest BCUT2D eigenvalue weighted by Crippen LogP contribution is 2.39. The zero-order chi connectivity index (χ0) is 29.0. The molecule has 1 amide bonds. The molecule has 1 N–H and O–H groups in total. The zero-order valence-electron chi connectivity index (χ0n) is 23.5. The number of likely N-dealkylation sites (tertiary alicyclic amines) is 1. The van der Waals surface area contributed by atoms with Crippen LogP contribution < -0.4 is 9.47 Å². The summed E-state index contributed by atoms with van der Waals surface area (Å²) in [7, 11) is 0. The van der Waals surface area contributed by atoms with Gasteiger partial charge in [0.05, 0.1) is 18.2 Å². The number of hydrogen-bond donors (Lipinski definition) is 1. The predicted molar refractivity (Wildman–Crippen MR) is 154 cm³/mol. The lowest BCUT2D eigenvalue weighted by Gasteiger charge is -2.28. The lowest BCUT2D eigenvalue weighted by molar-refractivity contribution is -0.144. The van der Waals surface area contributed by atoms with Gasteiger partial charge >= 0.3 is 12.1 Å². The van der Waals surface area contributed by atoms with Crippen LogP contribution in [-0.4, -0.2) is 46.7 Å². The monoisotopic (exact) mass is 554 g/mol. The SMILES string of the molecule is Cc1ccc(OC(=O)N2CC(C(=O)O)C(C)(Cc3ccc(OCCc4nc(-c5ccccc5)oc4C)cc3)C2)cc1. The van der Waals surface area contributed by atoms with Gasteiger partial charge in [0.15, 0.2) is 0 Å². The summed E-state index contributed by atoms with van der Waals surface area (Å²) in [5, 5.41) is 9.96. The number of aromatic nitrogens is 1. The number of rotatable bonds is 9. The largest absolute Gasteiger partial charge is 0.493 e. The highest BCUT2D eigenvalue weighted by atomic mass is 16.6. The van der Waals surface area contributed by atoms with Gasteiger partial charge in [-0.3, -0.25) is 4.79 Å². The Morgan fingerprint density at radius 3 is 2.37 bits per heavy atom. The molecule has 5 rings (SSSR count). The summed E-state index contributed by atoms with van der Waals surface area (Å²) in [6.07, 6.45) is 0.571. The Labute approximate surface area is 239 Å². The number of nitrogens with zero attached hydrogens (tertiary/aromatic N) is 2. The molecule has 2 heterocycles. The zero-order valence-corrected chi connectivity index (χ0v) is 23.5. The van der Waals surface area contributed by atoms with Gasteiger partial charge in [-0.1, -0.05) is 55.0 Å². The molecule has 3 aromatic carbocycles. The van der Waals surface area contributed by atoms with Crippen LogP contribution in [0.15, 0.2) is 83.3 Å². The van der Waals surface area contributed by atoms with Crippen LogP contribution in [0.5, 0.6) is 11.5 Å². The van der Waals surface area contributed by atoms with Gasteiger partial charge in [-0.15, -0.1) is 0 Å². The summed E-state index contributed by atoms with van der Waals surface area (Å²) < 4.78 is 17.3. The molecule has 2 unspecified atom stereocenters. The fourth-order valence-electron chi connectivity index (χ4n) is 5.32. The van der Waals surface area contributed by atoms with Gasteiger partial charge in [0.1, 0.15) is 17.3 Å². The summed E-state index contributed by atoms with van der Waals surface area (Å²) in [6.45, 7) is 6.60. The first kappa shape index (κ1) is 28.0.